The van der Waals surface area contributed by atoms with Crippen molar-refractivity contribution in [1.82, 2.24) is 20.2 Å². The summed E-state index contributed by atoms with van der Waals surface area (Å²) in [6, 6.07) is 5.20. The molecule has 0 N–H and O–H groups in total. The van der Waals surface area contributed by atoms with Gasteiger partial charge in [-0.1, -0.05) is 23.2 Å². The minimum absolute atomic E-state index is 0.537. The number of hydrogen-bond acceptors (Lipinski definition) is 3. The van der Waals surface area contributed by atoms with Crippen molar-refractivity contribution < 1.29 is 0 Å². The molecule has 0 fully saturated rings. The first-order valence-corrected chi connectivity index (χ1v) is 4.62. The fraction of sp³-hybridized carbons (Fsp3) is 0.125. The summed E-state index contributed by atoms with van der Waals surface area (Å²) in [6.07, 6.45) is 0. The molecule has 0 aliphatic carbocycles. The number of benzene rings is 1. The van der Waals surface area contributed by atoms with Crippen molar-refractivity contribution >= 4 is 23.2 Å². The van der Waals surface area contributed by atoms with E-state index in [4.69, 9.17) is 23.2 Å². The lowest BCUT2D eigenvalue weighted by molar-refractivity contribution is 0.715. The molecule has 4 nitrogen and oxygen atoms in total. The summed E-state index contributed by atoms with van der Waals surface area (Å²) in [5.74, 6) is 0.617. The maximum atomic E-state index is 6.00. The van der Waals surface area contributed by atoms with Crippen LogP contribution in [0.5, 0.6) is 0 Å². The van der Waals surface area contributed by atoms with E-state index < -0.39 is 0 Å². The number of hydrogen-bond donors (Lipinski definition) is 0. The zero-order valence-electron chi connectivity index (χ0n) is 7.28. The average molecular weight is 229 g/mol. The molecule has 0 unspecified atom stereocenters. The summed E-state index contributed by atoms with van der Waals surface area (Å²) >= 11 is 11.8. The number of aromatic nitrogens is 4. The molecule has 1 aromatic heterocycles. The van der Waals surface area contributed by atoms with E-state index in [1.54, 1.807) is 29.9 Å². The third kappa shape index (κ3) is 1.58. The molecule has 0 spiro atoms. The van der Waals surface area contributed by atoms with Crippen molar-refractivity contribution in [3.63, 3.8) is 0 Å². The van der Waals surface area contributed by atoms with E-state index in [9.17, 15) is 0 Å². The highest BCUT2D eigenvalue weighted by Crippen LogP contribution is 2.27. The molecule has 1 aromatic carbocycles. The first-order valence-electron chi connectivity index (χ1n) is 3.86. The Morgan fingerprint density at radius 3 is 2.64 bits per heavy atom. The van der Waals surface area contributed by atoms with Gasteiger partial charge in [0.05, 0.1) is 5.02 Å². The molecule has 0 aliphatic rings. The minimum Gasteiger partial charge on any atom is -0.229 e. The van der Waals surface area contributed by atoms with Crippen LogP contribution in [0.4, 0.5) is 0 Å². The standard InChI is InChI=1S/C8H6Cl2N4/c1-14-8(11-12-13-14)6-3-2-5(9)4-7(6)10/h2-4H,1H3. The third-order valence-electron chi connectivity index (χ3n) is 1.79. The first kappa shape index (κ1) is 9.43. The van der Waals surface area contributed by atoms with Crippen LogP contribution in [0.3, 0.4) is 0 Å². The molecule has 0 radical (unpaired) electrons. The van der Waals surface area contributed by atoms with Gasteiger partial charge in [-0.3, -0.25) is 0 Å². The van der Waals surface area contributed by atoms with E-state index >= 15 is 0 Å². The fourth-order valence-electron chi connectivity index (χ4n) is 1.13. The van der Waals surface area contributed by atoms with Gasteiger partial charge < -0.3 is 0 Å². The number of aryl methyl sites for hydroxylation is 1. The predicted octanol–water partition coefficient (Wildman–Crippen LogP) is 2.18. The molecule has 0 atom stereocenters. The van der Waals surface area contributed by atoms with Crippen molar-refractivity contribution in [3.8, 4) is 11.4 Å². The second kappa shape index (κ2) is 3.55. The third-order valence-corrected chi connectivity index (χ3v) is 2.34. The van der Waals surface area contributed by atoms with Crippen molar-refractivity contribution in [2.75, 3.05) is 0 Å². The summed E-state index contributed by atoms with van der Waals surface area (Å²) in [7, 11) is 1.75. The Bertz CT molecular complexity index is 466. The summed E-state index contributed by atoms with van der Waals surface area (Å²) in [5.41, 5.74) is 0.767. The molecule has 0 amide bonds. The second-order valence-corrected chi connectivity index (χ2v) is 3.59. The molecular formula is C8H6Cl2N4. The zero-order chi connectivity index (χ0) is 10.1. The Hall–Kier alpha value is -1.13. The van der Waals surface area contributed by atoms with Crippen LogP contribution in [-0.4, -0.2) is 20.2 Å². The number of nitrogens with zero attached hydrogens (tertiary/aromatic N) is 4. The Labute approximate surface area is 90.4 Å². The largest absolute Gasteiger partial charge is 0.229 e. The van der Waals surface area contributed by atoms with Gasteiger partial charge in [-0.25, -0.2) is 4.68 Å². The van der Waals surface area contributed by atoms with Gasteiger partial charge in [-0.05, 0) is 28.6 Å². The van der Waals surface area contributed by atoms with E-state index in [1.165, 1.54) is 0 Å². The van der Waals surface area contributed by atoms with Gasteiger partial charge in [0.1, 0.15) is 0 Å². The molecular weight excluding hydrogens is 223 g/mol. The molecule has 0 saturated carbocycles. The van der Waals surface area contributed by atoms with Crippen LogP contribution in [0.2, 0.25) is 10.0 Å². The molecule has 0 bridgehead atoms. The molecule has 2 aromatic rings. The van der Waals surface area contributed by atoms with Gasteiger partial charge in [0.2, 0.25) is 0 Å². The van der Waals surface area contributed by atoms with Crippen LogP contribution >= 0.6 is 23.2 Å². The number of tetrazole rings is 1. The smallest absolute Gasteiger partial charge is 0.183 e. The molecule has 0 saturated heterocycles. The highest BCUT2D eigenvalue weighted by atomic mass is 35.5. The van der Waals surface area contributed by atoms with Gasteiger partial charge in [0, 0.05) is 17.6 Å². The van der Waals surface area contributed by atoms with Crippen molar-refractivity contribution in [2.24, 2.45) is 7.05 Å². The average Bonchev–Trinajstić information content (AvgIpc) is 2.52. The zero-order valence-corrected chi connectivity index (χ0v) is 8.79. The monoisotopic (exact) mass is 228 g/mol. The molecule has 2 rings (SSSR count). The lowest BCUT2D eigenvalue weighted by Crippen LogP contribution is -1.94. The van der Waals surface area contributed by atoms with Crippen molar-refractivity contribution in [2.45, 2.75) is 0 Å². The van der Waals surface area contributed by atoms with Crippen LogP contribution < -0.4 is 0 Å². The SMILES string of the molecule is Cn1nnnc1-c1ccc(Cl)cc1Cl. The second-order valence-electron chi connectivity index (χ2n) is 2.75. The Morgan fingerprint density at radius 2 is 2.07 bits per heavy atom. The van der Waals surface area contributed by atoms with E-state index in [0.717, 1.165) is 5.56 Å². The number of halogens is 2. The lowest BCUT2D eigenvalue weighted by atomic mass is 10.2. The van der Waals surface area contributed by atoms with E-state index in [0.29, 0.717) is 15.9 Å². The van der Waals surface area contributed by atoms with Crippen LogP contribution in [0.15, 0.2) is 18.2 Å². The highest BCUT2D eigenvalue weighted by Gasteiger charge is 2.09. The quantitative estimate of drug-likeness (QED) is 0.752. The van der Waals surface area contributed by atoms with Gasteiger partial charge in [-0.2, -0.15) is 0 Å². The summed E-state index contributed by atoms with van der Waals surface area (Å²) in [4.78, 5) is 0. The summed E-state index contributed by atoms with van der Waals surface area (Å²) in [5, 5.41) is 12.2. The molecule has 0 aliphatic heterocycles. The van der Waals surface area contributed by atoms with Gasteiger partial charge in [0.15, 0.2) is 5.82 Å². The van der Waals surface area contributed by atoms with E-state index in [1.807, 2.05) is 0 Å². The van der Waals surface area contributed by atoms with Crippen LogP contribution in [-0.2, 0) is 7.05 Å². The van der Waals surface area contributed by atoms with E-state index in [2.05, 4.69) is 15.5 Å². The van der Waals surface area contributed by atoms with Gasteiger partial charge in [-0.15, -0.1) is 5.10 Å². The van der Waals surface area contributed by atoms with Crippen LogP contribution in [0, 0.1) is 0 Å². The Balaban J connectivity index is 2.58. The Morgan fingerprint density at radius 1 is 1.29 bits per heavy atom. The van der Waals surface area contributed by atoms with Crippen LogP contribution in [0.1, 0.15) is 0 Å². The first-order chi connectivity index (χ1) is 6.68. The molecule has 14 heavy (non-hydrogen) atoms. The van der Waals surface area contributed by atoms with Gasteiger partial charge in [0.25, 0.3) is 0 Å². The summed E-state index contributed by atoms with van der Waals surface area (Å²) < 4.78 is 1.55. The fourth-order valence-corrected chi connectivity index (χ4v) is 1.62. The molecule has 6 heteroatoms. The molecule has 72 valence electrons. The minimum atomic E-state index is 0.537. The summed E-state index contributed by atoms with van der Waals surface area (Å²) in [6.45, 7) is 0. The normalized spacial score (nSPS) is 10.5. The highest BCUT2D eigenvalue weighted by molar-refractivity contribution is 6.36. The maximum Gasteiger partial charge on any atom is 0.183 e. The predicted molar refractivity (Wildman–Crippen MR) is 54.3 cm³/mol. The van der Waals surface area contributed by atoms with Crippen molar-refractivity contribution in [1.29, 1.82) is 0 Å². The number of rotatable bonds is 1. The van der Waals surface area contributed by atoms with Gasteiger partial charge >= 0.3 is 0 Å². The van der Waals surface area contributed by atoms with Crippen molar-refractivity contribution in [3.05, 3.63) is 28.2 Å². The molecule has 1 heterocycles. The van der Waals surface area contributed by atoms with E-state index in [-0.39, 0.29) is 0 Å². The lowest BCUT2D eigenvalue weighted by Gasteiger charge is -2.01. The van der Waals surface area contributed by atoms with Crippen LogP contribution in [0.25, 0.3) is 11.4 Å². The topological polar surface area (TPSA) is 43.6 Å². The Kier molecular flexibility index (Phi) is 2.39. The maximum absolute atomic E-state index is 6.00.